The highest BCUT2D eigenvalue weighted by Gasteiger charge is 2.20. The minimum absolute atomic E-state index is 0.0368. The van der Waals surface area contributed by atoms with E-state index in [1.54, 1.807) is 7.11 Å². The second kappa shape index (κ2) is 6.75. The Morgan fingerprint density at radius 1 is 1.12 bits per heavy atom. The second-order valence-electron chi connectivity index (χ2n) is 7.37. The van der Waals surface area contributed by atoms with Crippen molar-refractivity contribution in [3.63, 3.8) is 0 Å². The Kier molecular flexibility index (Phi) is 6.71. The molecule has 0 aliphatic carbocycles. The molecule has 0 rings (SSSR count). The average molecular weight is 243 g/mol. The van der Waals surface area contributed by atoms with Gasteiger partial charge in [0.2, 0.25) is 0 Å². The van der Waals surface area contributed by atoms with Gasteiger partial charge in [-0.3, -0.25) is 0 Å². The third-order valence-corrected chi connectivity index (χ3v) is 3.34. The van der Waals surface area contributed by atoms with Crippen molar-refractivity contribution in [2.45, 2.75) is 78.9 Å². The van der Waals surface area contributed by atoms with Crippen molar-refractivity contribution in [1.29, 1.82) is 0 Å². The van der Waals surface area contributed by atoms with E-state index in [4.69, 9.17) is 10.5 Å². The Bertz CT molecular complexity index is 205. The second-order valence-corrected chi connectivity index (χ2v) is 7.37. The van der Waals surface area contributed by atoms with E-state index in [0.717, 1.165) is 19.3 Å². The van der Waals surface area contributed by atoms with Gasteiger partial charge in [-0.2, -0.15) is 0 Å². The summed E-state index contributed by atoms with van der Waals surface area (Å²) in [5.74, 6) is 0.704. The van der Waals surface area contributed by atoms with Crippen LogP contribution in [0.3, 0.4) is 0 Å². The first-order valence-electron chi connectivity index (χ1n) is 6.86. The fraction of sp³-hybridized carbons (Fsp3) is 1.00. The summed E-state index contributed by atoms with van der Waals surface area (Å²) >= 11 is 0. The fourth-order valence-corrected chi connectivity index (χ4v) is 2.40. The largest absolute Gasteiger partial charge is 0.379 e. The Hall–Kier alpha value is -0.0800. The molecule has 2 nitrogen and oxygen atoms in total. The first-order chi connectivity index (χ1) is 7.56. The van der Waals surface area contributed by atoms with E-state index in [9.17, 15) is 0 Å². The Balaban J connectivity index is 3.90. The lowest BCUT2D eigenvalue weighted by atomic mass is 9.82. The van der Waals surface area contributed by atoms with E-state index in [0.29, 0.717) is 17.4 Å². The summed E-state index contributed by atoms with van der Waals surface area (Å²) in [5, 5.41) is 0. The van der Waals surface area contributed by atoms with Crippen LogP contribution in [0, 0.1) is 11.3 Å². The van der Waals surface area contributed by atoms with Gasteiger partial charge in [0.15, 0.2) is 0 Å². The number of rotatable bonds is 7. The molecule has 0 saturated carbocycles. The van der Waals surface area contributed by atoms with E-state index in [2.05, 4.69) is 41.5 Å². The van der Waals surface area contributed by atoms with Crippen LogP contribution in [0.4, 0.5) is 0 Å². The summed E-state index contributed by atoms with van der Waals surface area (Å²) in [4.78, 5) is 0. The number of hydrogen-bond donors (Lipinski definition) is 1. The van der Waals surface area contributed by atoms with Crippen molar-refractivity contribution in [3.05, 3.63) is 0 Å². The summed E-state index contributed by atoms with van der Waals surface area (Å²) in [6, 6.07) is 0.307. The quantitative estimate of drug-likeness (QED) is 0.734. The number of methoxy groups -OCH3 is 1. The van der Waals surface area contributed by atoms with Crippen LogP contribution in [-0.2, 0) is 4.74 Å². The molecule has 0 heterocycles. The summed E-state index contributed by atoms with van der Waals surface area (Å²) in [5.41, 5.74) is 6.57. The topological polar surface area (TPSA) is 35.2 Å². The zero-order chi connectivity index (χ0) is 13.7. The minimum Gasteiger partial charge on any atom is -0.379 e. The van der Waals surface area contributed by atoms with E-state index < -0.39 is 0 Å². The van der Waals surface area contributed by atoms with Crippen LogP contribution in [-0.4, -0.2) is 18.8 Å². The van der Waals surface area contributed by atoms with Gasteiger partial charge in [0.1, 0.15) is 0 Å². The average Bonchev–Trinajstić information content (AvgIpc) is 2.12. The SMILES string of the molecule is COC(C)(C)CCC(N)CC(C)CC(C)(C)C. The maximum Gasteiger partial charge on any atom is 0.0623 e. The van der Waals surface area contributed by atoms with Crippen LogP contribution < -0.4 is 5.73 Å². The molecule has 0 aromatic rings. The summed E-state index contributed by atoms with van der Waals surface area (Å²) < 4.78 is 5.42. The van der Waals surface area contributed by atoms with Crippen molar-refractivity contribution >= 4 is 0 Å². The molecule has 0 radical (unpaired) electrons. The van der Waals surface area contributed by atoms with Gasteiger partial charge in [-0.1, -0.05) is 27.7 Å². The highest BCUT2D eigenvalue weighted by atomic mass is 16.5. The monoisotopic (exact) mass is 243 g/mol. The zero-order valence-corrected chi connectivity index (χ0v) is 13.0. The third kappa shape index (κ3) is 9.61. The number of ether oxygens (including phenoxy) is 1. The maximum absolute atomic E-state index is 6.20. The molecule has 0 fully saturated rings. The van der Waals surface area contributed by atoms with E-state index >= 15 is 0 Å². The first kappa shape index (κ1) is 16.9. The lowest BCUT2D eigenvalue weighted by Gasteiger charge is -2.27. The molecule has 2 N–H and O–H groups in total. The summed E-state index contributed by atoms with van der Waals surface area (Å²) in [6.07, 6.45) is 4.45. The van der Waals surface area contributed by atoms with Gasteiger partial charge < -0.3 is 10.5 Å². The van der Waals surface area contributed by atoms with Gasteiger partial charge in [0, 0.05) is 13.2 Å². The predicted octanol–water partition coefficient (Wildman–Crippen LogP) is 3.98. The van der Waals surface area contributed by atoms with E-state index in [1.807, 2.05) is 0 Å². The van der Waals surface area contributed by atoms with Crippen molar-refractivity contribution in [2.24, 2.45) is 17.1 Å². The van der Waals surface area contributed by atoms with Gasteiger partial charge in [-0.25, -0.2) is 0 Å². The molecule has 0 bridgehead atoms. The molecule has 0 aliphatic heterocycles. The molecule has 104 valence electrons. The molecule has 0 aromatic heterocycles. The molecule has 17 heavy (non-hydrogen) atoms. The molecule has 2 heteroatoms. The van der Waals surface area contributed by atoms with Gasteiger partial charge in [-0.05, 0) is 50.9 Å². The van der Waals surface area contributed by atoms with Crippen molar-refractivity contribution < 1.29 is 4.74 Å². The van der Waals surface area contributed by atoms with Crippen molar-refractivity contribution in [2.75, 3.05) is 7.11 Å². The van der Waals surface area contributed by atoms with E-state index in [-0.39, 0.29) is 5.60 Å². The summed E-state index contributed by atoms with van der Waals surface area (Å²) in [6.45, 7) is 13.4. The highest BCUT2D eigenvalue weighted by Crippen LogP contribution is 2.27. The van der Waals surface area contributed by atoms with Crippen LogP contribution in [0.5, 0.6) is 0 Å². The van der Waals surface area contributed by atoms with Crippen molar-refractivity contribution in [3.8, 4) is 0 Å². The van der Waals surface area contributed by atoms with Crippen LogP contribution in [0.25, 0.3) is 0 Å². The lowest BCUT2D eigenvalue weighted by molar-refractivity contribution is 0.0120. The molecule has 0 aromatic carbocycles. The van der Waals surface area contributed by atoms with Gasteiger partial charge >= 0.3 is 0 Å². The molecule has 0 amide bonds. The van der Waals surface area contributed by atoms with Crippen LogP contribution in [0.15, 0.2) is 0 Å². The summed E-state index contributed by atoms with van der Waals surface area (Å²) in [7, 11) is 1.77. The molecule has 0 aliphatic rings. The van der Waals surface area contributed by atoms with Gasteiger partial charge in [0.25, 0.3) is 0 Å². The van der Waals surface area contributed by atoms with Gasteiger partial charge in [0.05, 0.1) is 5.60 Å². The smallest absolute Gasteiger partial charge is 0.0623 e. The van der Waals surface area contributed by atoms with Crippen LogP contribution in [0.2, 0.25) is 0 Å². The standard InChI is InChI=1S/C15H33NO/c1-12(11-14(2,3)4)10-13(16)8-9-15(5,6)17-7/h12-13H,8-11,16H2,1-7H3. The van der Waals surface area contributed by atoms with Crippen LogP contribution >= 0.6 is 0 Å². The Morgan fingerprint density at radius 3 is 2.06 bits per heavy atom. The van der Waals surface area contributed by atoms with Crippen molar-refractivity contribution in [1.82, 2.24) is 0 Å². The normalized spacial score (nSPS) is 16.9. The molecule has 0 saturated heterocycles. The molecule has 2 atom stereocenters. The van der Waals surface area contributed by atoms with Gasteiger partial charge in [-0.15, -0.1) is 0 Å². The Morgan fingerprint density at radius 2 is 1.65 bits per heavy atom. The molecule has 0 spiro atoms. The highest BCUT2D eigenvalue weighted by molar-refractivity contribution is 4.75. The molecular formula is C15H33NO. The predicted molar refractivity (Wildman–Crippen MR) is 76.2 cm³/mol. The molecular weight excluding hydrogens is 210 g/mol. The zero-order valence-electron chi connectivity index (χ0n) is 13.0. The Labute approximate surface area is 108 Å². The minimum atomic E-state index is -0.0368. The third-order valence-electron chi connectivity index (χ3n) is 3.34. The number of nitrogens with two attached hydrogens (primary N) is 1. The maximum atomic E-state index is 6.20. The fourth-order valence-electron chi connectivity index (χ4n) is 2.40. The number of hydrogen-bond acceptors (Lipinski definition) is 2. The van der Waals surface area contributed by atoms with Crippen LogP contribution in [0.1, 0.15) is 67.2 Å². The lowest BCUT2D eigenvalue weighted by Crippen LogP contribution is -2.29. The van der Waals surface area contributed by atoms with E-state index in [1.165, 1.54) is 6.42 Å². The molecule has 2 unspecified atom stereocenters. The first-order valence-corrected chi connectivity index (χ1v) is 6.86.